The summed E-state index contributed by atoms with van der Waals surface area (Å²) in [6, 6.07) is 2.33. The fraction of sp³-hybridized carbons (Fsp3) is 1.00. The van der Waals surface area contributed by atoms with Crippen molar-refractivity contribution in [2.45, 2.75) is 83.3 Å². The summed E-state index contributed by atoms with van der Waals surface area (Å²) in [5.41, 5.74) is 11.7. The van der Waals surface area contributed by atoms with Crippen molar-refractivity contribution in [2.24, 2.45) is 17.4 Å². The zero-order valence-electron chi connectivity index (χ0n) is 14.7. The second-order valence-corrected chi connectivity index (χ2v) is 7.91. The maximum Gasteiger partial charge on any atom is 0.114 e. The second kappa shape index (κ2) is 7.56. The predicted octanol–water partition coefficient (Wildman–Crippen LogP) is 1.58. The lowest BCUT2D eigenvalue weighted by Crippen LogP contribution is -2.50. The van der Waals surface area contributed by atoms with E-state index in [0.29, 0.717) is 37.1 Å². The largest absolute Gasteiger partial charge is 0.326 e. The lowest BCUT2D eigenvalue weighted by Gasteiger charge is -2.35. The molecular weight excluding hydrogens is 279 g/mol. The Kier molecular flexibility index (Phi) is 6.22. The standard InChI is InChI=1S/C9H18N2.C8H17FN2/c1-6(2)11-5-7-3-4-8(11)9(7)10;1-6(2)11-4-7(9)3-8(10)5-11/h6-9H,3-5,10H2,1-2H3;6-8H,3-5,10H2,1-2H3/t7?,8?,9-;7-,8-/m11/s1. The molecule has 0 aromatic rings. The highest BCUT2D eigenvalue weighted by Gasteiger charge is 2.45. The van der Waals surface area contributed by atoms with Gasteiger partial charge in [-0.25, -0.2) is 4.39 Å². The minimum Gasteiger partial charge on any atom is -0.326 e. The third kappa shape index (κ3) is 4.19. The number of piperidine rings is 2. The molecule has 0 amide bonds. The zero-order valence-corrected chi connectivity index (χ0v) is 14.7. The summed E-state index contributed by atoms with van der Waals surface area (Å²) in [7, 11) is 0. The van der Waals surface area contributed by atoms with Gasteiger partial charge in [-0.1, -0.05) is 0 Å². The molecule has 3 aliphatic rings. The quantitative estimate of drug-likeness (QED) is 0.812. The number of hydrogen-bond donors (Lipinski definition) is 2. The lowest BCUT2D eigenvalue weighted by atomic mass is 10.0. The molecule has 3 fully saturated rings. The molecule has 5 heteroatoms. The highest BCUT2D eigenvalue weighted by molar-refractivity contribution is 5.02. The maximum absolute atomic E-state index is 12.9. The summed E-state index contributed by atoms with van der Waals surface area (Å²) in [6.07, 6.45) is 2.52. The molecule has 0 aromatic heterocycles. The number of likely N-dealkylation sites (tertiary alicyclic amines) is 2. The first-order valence-electron chi connectivity index (χ1n) is 8.94. The van der Waals surface area contributed by atoms with Crippen LogP contribution in [-0.4, -0.2) is 65.8 Å². The third-order valence-corrected chi connectivity index (χ3v) is 5.55. The molecule has 0 spiro atoms. The monoisotopic (exact) mass is 314 g/mol. The highest BCUT2D eigenvalue weighted by Crippen LogP contribution is 2.37. The maximum atomic E-state index is 12.9. The second-order valence-electron chi connectivity index (χ2n) is 7.91. The van der Waals surface area contributed by atoms with Crippen LogP contribution in [0, 0.1) is 5.92 Å². The normalized spacial score (nSPS) is 39.4. The number of halogens is 1. The average Bonchev–Trinajstić information content (AvgIpc) is 2.94. The van der Waals surface area contributed by atoms with Crippen molar-refractivity contribution >= 4 is 0 Å². The van der Waals surface area contributed by atoms with Crippen molar-refractivity contribution in [3.8, 4) is 0 Å². The van der Waals surface area contributed by atoms with Crippen molar-refractivity contribution in [2.75, 3.05) is 19.6 Å². The van der Waals surface area contributed by atoms with Gasteiger partial charge in [-0.15, -0.1) is 0 Å². The summed E-state index contributed by atoms with van der Waals surface area (Å²) in [5.74, 6) is 0.808. The molecule has 0 aromatic carbocycles. The van der Waals surface area contributed by atoms with Gasteiger partial charge in [-0.2, -0.15) is 0 Å². The molecule has 22 heavy (non-hydrogen) atoms. The number of hydrogen-bond acceptors (Lipinski definition) is 4. The van der Waals surface area contributed by atoms with Crippen molar-refractivity contribution in [1.29, 1.82) is 0 Å². The molecule has 4 nitrogen and oxygen atoms in total. The van der Waals surface area contributed by atoms with Crippen molar-refractivity contribution in [3.05, 3.63) is 0 Å². The van der Waals surface area contributed by atoms with Crippen LogP contribution < -0.4 is 11.5 Å². The minimum absolute atomic E-state index is 0.0288. The molecule has 5 atom stereocenters. The Morgan fingerprint density at radius 1 is 0.955 bits per heavy atom. The van der Waals surface area contributed by atoms with Crippen LogP contribution in [0.5, 0.6) is 0 Å². The van der Waals surface area contributed by atoms with E-state index >= 15 is 0 Å². The van der Waals surface area contributed by atoms with Gasteiger partial charge in [0, 0.05) is 49.8 Å². The van der Waals surface area contributed by atoms with Gasteiger partial charge in [0.25, 0.3) is 0 Å². The van der Waals surface area contributed by atoms with Gasteiger partial charge in [-0.05, 0) is 52.9 Å². The van der Waals surface area contributed by atoms with E-state index in [1.165, 1.54) is 19.4 Å². The predicted molar refractivity (Wildman–Crippen MR) is 90.5 cm³/mol. The molecule has 1 aliphatic carbocycles. The van der Waals surface area contributed by atoms with Gasteiger partial charge in [0.2, 0.25) is 0 Å². The molecule has 2 heterocycles. The summed E-state index contributed by atoms with van der Waals surface area (Å²) in [6.45, 7) is 11.4. The van der Waals surface area contributed by atoms with E-state index in [2.05, 4.69) is 37.5 Å². The van der Waals surface area contributed by atoms with E-state index in [9.17, 15) is 4.39 Å². The molecular formula is C17H35FN4. The Morgan fingerprint density at radius 2 is 1.64 bits per heavy atom. The van der Waals surface area contributed by atoms with Crippen molar-refractivity contribution in [1.82, 2.24) is 9.80 Å². The Bertz CT molecular complexity index is 340. The van der Waals surface area contributed by atoms with E-state index < -0.39 is 6.17 Å². The Morgan fingerprint density at radius 3 is 2.00 bits per heavy atom. The van der Waals surface area contributed by atoms with Crippen LogP contribution in [0.3, 0.4) is 0 Å². The van der Waals surface area contributed by atoms with Gasteiger partial charge in [0.1, 0.15) is 6.17 Å². The molecule has 0 radical (unpaired) electrons. The summed E-state index contributed by atoms with van der Waals surface area (Å²) in [5, 5.41) is 0. The zero-order chi connectivity index (χ0) is 16.4. The number of nitrogens with two attached hydrogens (primary N) is 2. The Hall–Kier alpha value is -0.230. The summed E-state index contributed by atoms with van der Waals surface area (Å²) < 4.78 is 12.9. The first kappa shape index (κ1) is 18.1. The van der Waals surface area contributed by atoms with Crippen molar-refractivity contribution < 1.29 is 4.39 Å². The van der Waals surface area contributed by atoms with Gasteiger partial charge < -0.3 is 11.5 Å². The first-order valence-corrected chi connectivity index (χ1v) is 8.94. The number of rotatable bonds is 2. The average molecular weight is 314 g/mol. The SMILES string of the molecule is CC(C)N1CC2CCC1[C@@H]2N.CC(C)N1C[C@H](N)C[C@@H](F)C1. The molecule has 2 unspecified atom stereocenters. The minimum atomic E-state index is -0.721. The summed E-state index contributed by atoms with van der Waals surface area (Å²) in [4.78, 5) is 4.66. The van der Waals surface area contributed by atoms with Crippen LogP contribution in [0.2, 0.25) is 0 Å². The Balaban J connectivity index is 0.000000160. The topological polar surface area (TPSA) is 58.5 Å². The third-order valence-electron chi connectivity index (χ3n) is 5.55. The van der Waals surface area contributed by atoms with E-state index in [-0.39, 0.29) is 6.04 Å². The van der Waals surface area contributed by atoms with Crippen LogP contribution in [0.1, 0.15) is 47.0 Å². The van der Waals surface area contributed by atoms with Gasteiger partial charge in [0.15, 0.2) is 0 Å². The van der Waals surface area contributed by atoms with E-state index in [4.69, 9.17) is 11.5 Å². The molecule has 3 rings (SSSR count). The van der Waals surface area contributed by atoms with Crippen LogP contribution >= 0.6 is 0 Å². The lowest BCUT2D eigenvalue weighted by molar-refractivity contribution is 0.0987. The van der Waals surface area contributed by atoms with E-state index in [1.54, 1.807) is 0 Å². The highest BCUT2D eigenvalue weighted by atomic mass is 19.1. The van der Waals surface area contributed by atoms with Crippen LogP contribution in [-0.2, 0) is 0 Å². The smallest absolute Gasteiger partial charge is 0.114 e. The van der Waals surface area contributed by atoms with E-state index in [0.717, 1.165) is 12.5 Å². The molecule has 2 bridgehead atoms. The number of alkyl halides is 1. The molecule has 1 saturated carbocycles. The van der Waals surface area contributed by atoms with Crippen LogP contribution in [0.25, 0.3) is 0 Å². The summed E-state index contributed by atoms with van der Waals surface area (Å²) >= 11 is 0. The molecule has 2 aliphatic heterocycles. The molecule has 4 N–H and O–H groups in total. The fourth-order valence-corrected chi connectivity index (χ4v) is 4.21. The molecule has 2 saturated heterocycles. The first-order chi connectivity index (χ1) is 10.3. The van der Waals surface area contributed by atoms with Gasteiger partial charge >= 0.3 is 0 Å². The van der Waals surface area contributed by atoms with Gasteiger partial charge in [0.05, 0.1) is 0 Å². The van der Waals surface area contributed by atoms with Crippen LogP contribution in [0.15, 0.2) is 0 Å². The number of fused-ring (bicyclic) bond motifs is 2. The number of nitrogens with zero attached hydrogens (tertiary/aromatic N) is 2. The van der Waals surface area contributed by atoms with E-state index in [1.807, 2.05) is 0 Å². The van der Waals surface area contributed by atoms with Gasteiger partial charge in [-0.3, -0.25) is 9.80 Å². The van der Waals surface area contributed by atoms with Crippen LogP contribution in [0.4, 0.5) is 4.39 Å². The fourth-order valence-electron chi connectivity index (χ4n) is 4.21. The molecule has 130 valence electrons. The Labute approximate surface area is 135 Å². The van der Waals surface area contributed by atoms with Crippen molar-refractivity contribution in [3.63, 3.8) is 0 Å².